The van der Waals surface area contributed by atoms with Gasteiger partial charge in [-0.05, 0) is 108 Å². The van der Waals surface area contributed by atoms with Gasteiger partial charge in [-0.1, -0.05) is 218 Å². The molecule has 0 aliphatic carbocycles. The summed E-state index contributed by atoms with van der Waals surface area (Å²) < 4.78 is 16.4. The summed E-state index contributed by atoms with van der Waals surface area (Å²) in [5.74, 6) is 0. The van der Waals surface area contributed by atoms with Gasteiger partial charge >= 0.3 is 0 Å². The number of rotatable bonds is 6. The van der Waals surface area contributed by atoms with Crippen LogP contribution >= 0.6 is 0 Å². The Morgan fingerprint density at radius 1 is 0.200 bits per heavy atom. The van der Waals surface area contributed by atoms with Crippen molar-refractivity contribution >= 4 is 98.0 Å². The van der Waals surface area contributed by atoms with E-state index >= 15 is 0 Å². The number of hydrogen-bond acceptors (Lipinski definition) is 2. The van der Waals surface area contributed by atoms with Crippen LogP contribution in [0, 0.1) is 0 Å². The van der Waals surface area contributed by atoms with Crippen molar-refractivity contribution < 1.29 is 8.83 Å². The van der Waals surface area contributed by atoms with E-state index in [1.54, 1.807) is 0 Å². The van der Waals surface area contributed by atoms with E-state index in [1.807, 2.05) is 0 Å². The maximum atomic E-state index is 6.99. The number of fused-ring (bicyclic) bond motifs is 15. The summed E-state index contributed by atoms with van der Waals surface area (Å²) in [4.78, 5) is 0. The first-order valence-corrected chi connectivity index (χ1v) is 25.7. The molecule has 0 spiro atoms. The van der Waals surface area contributed by atoms with E-state index in [4.69, 9.17) is 8.83 Å². The van der Waals surface area contributed by atoms with Gasteiger partial charge in [-0.3, -0.25) is 0 Å². The first-order valence-electron chi connectivity index (χ1n) is 25.7. The second-order valence-electron chi connectivity index (χ2n) is 19.9. The Morgan fingerprint density at radius 2 is 0.533 bits per heavy atom. The SMILES string of the molecule is c1ccc(-c2cccc3c2oc2c(-c4ccc5c(c4)c4cc(-c6cccc7c6oc6c(-c8ccccc8)cccc67)ccc4n5-c4cccc(-c5ccc6c7ccccc7c7ccccc7c6c5)c4)cccc23)cc1. The molecule has 3 heterocycles. The standard InChI is InChI=1S/C72H43NO2/c1-3-16-44(17-4-1)51-26-12-30-60-62-32-14-28-53(71(62)74-69(51)60)48-35-38-67-65(42-48)66-43-49(54-29-15-33-63-61-31-13-27-52(70(61)75-72(54)63)45-18-5-2-6-19-45)36-39-68(66)73(67)50-21-11-20-46(40-50)47-34-37-59-57-24-8-7-22-55(57)56-23-9-10-25-58(56)64(59)41-47/h1-43H. The number of nitrogens with zero attached hydrogens (tertiary/aromatic N) is 1. The van der Waals surface area contributed by atoms with Crippen LogP contribution in [0.2, 0.25) is 0 Å². The van der Waals surface area contributed by atoms with Gasteiger partial charge in [0.2, 0.25) is 0 Å². The molecule has 16 rings (SSSR count). The molecule has 0 aliphatic rings. The van der Waals surface area contributed by atoms with Crippen LogP contribution in [0.25, 0.3) is 159 Å². The smallest absolute Gasteiger partial charge is 0.143 e. The largest absolute Gasteiger partial charge is 0.455 e. The fraction of sp³-hybridized carbons (Fsp3) is 0. The molecule has 0 atom stereocenters. The van der Waals surface area contributed by atoms with Crippen LogP contribution in [-0.4, -0.2) is 4.57 Å². The zero-order chi connectivity index (χ0) is 49.1. The Hall–Kier alpha value is -9.96. The molecule has 3 heteroatoms. The van der Waals surface area contributed by atoms with E-state index in [-0.39, 0.29) is 0 Å². The molecule has 3 nitrogen and oxygen atoms in total. The first kappa shape index (κ1) is 41.6. The summed E-state index contributed by atoms with van der Waals surface area (Å²) in [6, 6.07) is 94.6. The van der Waals surface area contributed by atoms with Gasteiger partial charge < -0.3 is 13.4 Å². The zero-order valence-electron chi connectivity index (χ0n) is 40.6. The number of benzene rings is 13. The second-order valence-corrected chi connectivity index (χ2v) is 19.9. The molecule has 0 bridgehead atoms. The lowest BCUT2D eigenvalue weighted by atomic mass is 9.92. The minimum atomic E-state index is 0.884. The summed E-state index contributed by atoms with van der Waals surface area (Å²) >= 11 is 0. The van der Waals surface area contributed by atoms with Crippen molar-refractivity contribution in [2.45, 2.75) is 0 Å². The number of para-hydroxylation sites is 4. The van der Waals surface area contributed by atoms with E-state index in [0.717, 1.165) is 121 Å². The van der Waals surface area contributed by atoms with Crippen molar-refractivity contribution in [3.8, 4) is 61.3 Å². The first-order chi connectivity index (χ1) is 37.2. The Morgan fingerprint density at radius 3 is 1.00 bits per heavy atom. The van der Waals surface area contributed by atoms with Crippen LogP contribution in [-0.2, 0) is 0 Å². The molecule has 0 amide bonds. The summed E-state index contributed by atoms with van der Waals surface area (Å²) in [5.41, 5.74) is 18.0. The monoisotopic (exact) mass is 953 g/mol. The fourth-order valence-electron chi connectivity index (χ4n) is 12.3. The topological polar surface area (TPSA) is 31.2 Å². The molecule has 348 valence electrons. The van der Waals surface area contributed by atoms with Gasteiger partial charge in [0, 0.05) is 60.3 Å². The third-order valence-corrected chi connectivity index (χ3v) is 15.8. The molecular weight excluding hydrogens is 911 g/mol. The van der Waals surface area contributed by atoms with Crippen molar-refractivity contribution in [2.75, 3.05) is 0 Å². The minimum absolute atomic E-state index is 0.884. The quantitative estimate of drug-likeness (QED) is 0.156. The van der Waals surface area contributed by atoms with Crippen molar-refractivity contribution in [3.63, 3.8) is 0 Å². The van der Waals surface area contributed by atoms with Crippen molar-refractivity contribution in [1.82, 2.24) is 4.57 Å². The normalized spacial score (nSPS) is 12.0. The highest BCUT2D eigenvalue weighted by molar-refractivity contribution is 6.26. The van der Waals surface area contributed by atoms with Gasteiger partial charge in [0.05, 0.1) is 11.0 Å². The molecule has 3 aromatic heterocycles. The molecule has 0 N–H and O–H groups in total. The van der Waals surface area contributed by atoms with Crippen LogP contribution in [0.3, 0.4) is 0 Å². The lowest BCUT2D eigenvalue weighted by molar-refractivity contribution is 0.670. The third-order valence-electron chi connectivity index (χ3n) is 15.8. The molecular formula is C72H43NO2. The molecule has 0 saturated carbocycles. The molecule has 0 saturated heterocycles. The second kappa shape index (κ2) is 16.3. The Labute approximate surface area is 431 Å². The number of furan rings is 2. The van der Waals surface area contributed by atoms with Gasteiger partial charge in [-0.15, -0.1) is 0 Å². The molecule has 0 radical (unpaired) electrons. The van der Waals surface area contributed by atoms with E-state index < -0.39 is 0 Å². The molecule has 0 aliphatic heterocycles. The molecule has 0 fully saturated rings. The lowest BCUT2D eigenvalue weighted by Crippen LogP contribution is -1.94. The Bertz CT molecular complexity index is 4750. The highest BCUT2D eigenvalue weighted by atomic mass is 16.3. The zero-order valence-corrected chi connectivity index (χ0v) is 40.6. The summed E-state index contributed by atoms with van der Waals surface area (Å²) in [6.07, 6.45) is 0. The van der Waals surface area contributed by atoms with Gasteiger partial charge in [0.1, 0.15) is 22.3 Å². The van der Waals surface area contributed by atoms with Crippen molar-refractivity contribution in [3.05, 3.63) is 261 Å². The maximum Gasteiger partial charge on any atom is 0.143 e. The summed E-state index contributed by atoms with van der Waals surface area (Å²) in [6.45, 7) is 0. The molecule has 13 aromatic carbocycles. The highest BCUT2D eigenvalue weighted by Gasteiger charge is 2.21. The average molecular weight is 954 g/mol. The third kappa shape index (κ3) is 6.35. The minimum Gasteiger partial charge on any atom is -0.455 e. The van der Waals surface area contributed by atoms with Crippen LogP contribution < -0.4 is 0 Å². The van der Waals surface area contributed by atoms with Gasteiger partial charge in [0.15, 0.2) is 0 Å². The molecule has 75 heavy (non-hydrogen) atoms. The van der Waals surface area contributed by atoms with E-state index in [0.29, 0.717) is 0 Å². The Balaban J connectivity index is 0.905. The molecule has 0 unspecified atom stereocenters. The maximum absolute atomic E-state index is 6.99. The van der Waals surface area contributed by atoms with Crippen LogP contribution in [0.15, 0.2) is 270 Å². The van der Waals surface area contributed by atoms with Gasteiger partial charge in [-0.2, -0.15) is 0 Å². The number of aromatic nitrogens is 1. The van der Waals surface area contributed by atoms with E-state index in [9.17, 15) is 0 Å². The average Bonchev–Trinajstić information content (AvgIpc) is 4.21. The molecule has 16 aromatic rings. The van der Waals surface area contributed by atoms with Crippen LogP contribution in [0.1, 0.15) is 0 Å². The van der Waals surface area contributed by atoms with Gasteiger partial charge in [0.25, 0.3) is 0 Å². The predicted molar refractivity (Wildman–Crippen MR) is 315 cm³/mol. The van der Waals surface area contributed by atoms with Crippen LogP contribution in [0.5, 0.6) is 0 Å². The summed E-state index contributed by atoms with van der Waals surface area (Å²) in [5, 5.41) is 14.4. The van der Waals surface area contributed by atoms with Crippen molar-refractivity contribution in [2.24, 2.45) is 0 Å². The number of hydrogen-bond donors (Lipinski definition) is 0. The highest BCUT2D eigenvalue weighted by Crippen LogP contribution is 2.45. The van der Waals surface area contributed by atoms with E-state index in [2.05, 4.69) is 265 Å². The Kier molecular flexibility index (Phi) is 9.04. The summed E-state index contributed by atoms with van der Waals surface area (Å²) in [7, 11) is 0. The van der Waals surface area contributed by atoms with Crippen molar-refractivity contribution in [1.29, 1.82) is 0 Å². The lowest BCUT2D eigenvalue weighted by Gasteiger charge is -2.13. The predicted octanol–water partition coefficient (Wildman–Crippen LogP) is 20.4. The van der Waals surface area contributed by atoms with Gasteiger partial charge in [-0.25, -0.2) is 0 Å². The fourth-order valence-corrected chi connectivity index (χ4v) is 12.3. The van der Waals surface area contributed by atoms with Crippen LogP contribution in [0.4, 0.5) is 0 Å². The van der Waals surface area contributed by atoms with E-state index in [1.165, 1.54) is 37.9 Å².